The lowest BCUT2D eigenvalue weighted by molar-refractivity contribution is -0.150. The third kappa shape index (κ3) is 3.45. The number of carbonyl (C=O) groups is 2. The van der Waals surface area contributed by atoms with Gasteiger partial charge in [-0.15, -0.1) is 0 Å². The summed E-state index contributed by atoms with van der Waals surface area (Å²) in [4.78, 5) is 24.4. The number of nitrogens with one attached hydrogen (secondary N) is 1. The maximum absolute atomic E-state index is 12.3. The van der Waals surface area contributed by atoms with E-state index in [2.05, 4.69) is 21.2 Å². The molecule has 0 unspecified atom stereocenters. The van der Waals surface area contributed by atoms with Crippen molar-refractivity contribution in [2.24, 2.45) is 23.2 Å². The van der Waals surface area contributed by atoms with E-state index >= 15 is 0 Å². The SMILES string of the molecule is O=C(COC(=O)[C@H]1C[C@@H]1c1ccco1)NCC12C[C@H]3C[C@@H](CC(Br)(C3)C1)C2. The number of hydrogen-bond donors (Lipinski definition) is 1. The second-order valence-electron chi connectivity index (χ2n) is 9.46. The summed E-state index contributed by atoms with van der Waals surface area (Å²) in [5.41, 5.74) is 0.230. The fourth-order valence-electron chi connectivity index (χ4n) is 6.40. The predicted molar refractivity (Wildman–Crippen MR) is 102 cm³/mol. The van der Waals surface area contributed by atoms with Crippen LogP contribution >= 0.6 is 15.9 Å². The van der Waals surface area contributed by atoms with Crippen LogP contribution in [0.2, 0.25) is 0 Å². The standard InChI is InChI=1S/C21H26BrNO4/c22-21-8-13-4-14(9-21)7-20(6-13,11-21)12-23-18(24)10-27-19(25)16-5-15(16)17-2-1-3-26-17/h1-3,13-16H,4-12H2,(H,23,24)/t13-,14-,15+,16+,20?,21?/m1/s1. The van der Waals surface area contributed by atoms with Crippen LogP contribution in [0.15, 0.2) is 22.8 Å². The third-order valence-electron chi connectivity index (χ3n) is 7.12. The summed E-state index contributed by atoms with van der Waals surface area (Å²) in [7, 11) is 0. The molecule has 1 aromatic heterocycles. The molecular weight excluding hydrogens is 410 g/mol. The second kappa shape index (κ2) is 6.36. The van der Waals surface area contributed by atoms with Crippen molar-refractivity contribution in [3.05, 3.63) is 24.2 Å². The van der Waals surface area contributed by atoms with Crippen LogP contribution in [0.25, 0.3) is 0 Å². The van der Waals surface area contributed by atoms with Gasteiger partial charge in [-0.1, -0.05) is 15.9 Å². The number of halogens is 1. The first-order valence-electron chi connectivity index (χ1n) is 10.1. The fraction of sp³-hybridized carbons (Fsp3) is 0.714. The number of carbonyl (C=O) groups excluding carboxylic acids is 2. The normalized spacial score (nSPS) is 41.4. The summed E-state index contributed by atoms with van der Waals surface area (Å²) in [6.07, 6.45) is 9.90. The summed E-state index contributed by atoms with van der Waals surface area (Å²) in [5, 5.41) is 3.05. The topological polar surface area (TPSA) is 68.5 Å². The Balaban J connectivity index is 1.09. The molecule has 4 atom stereocenters. The van der Waals surface area contributed by atoms with Crippen molar-refractivity contribution in [3.8, 4) is 0 Å². The smallest absolute Gasteiger partial charge is 0.310 e. The van der Waals surface area contributed by atoms with Crippen molar-refractivity contribution in [1.29, 1.82) is 0 Å². The van der Waals surface area contributed by atoms with E-state index in [4.69, 9.17) is 9.15 Å². The van der Waals surface area contributed by atoms with Gasteiger partial charge in [0.15, 0.2) is 6.61 Å². The van der Waals surface area contributed by atoms with E-state index in [1.807, 2.05) is 12.1 Å². The van der Waals surface area contributed by atoms with Crippen LogP contribution in [0.5, 0.6) is 0 Å². The maximum atomic E-state index is 12.3. The Morgan fingerprint density at radius 3 is 2.67 bits per heavy atom. The Morgan fingerprint density at radius 1 is 1.22 bits per heavy atom. The number of amides is 1. The van der Waals surface area contributed by atoms with E-state index < -0.39 is 0 Å². The van der Waals surface area contributed by atoms with Crippen LogP contribution in [0.3, 0.4) is 0 Å². The van der Waals surface area contributed by atoms with Crippen LogP contribution in [0.4, 0.5) is 0 Å². The lowest BCUT2D eigenvalue weighted by Crippen LogP contribution is -2.56. The van der Waals surface area contributed by atoms with E-state index in [0.717, 1.165) is 30.4 Å². The van der Waals surface area contributed by atoms with E-state index in [9.17, 15) is 9.59 Å². The molecule has 5 nitrogen and oxygen atoms in total. The minimum absolute atomic E-state index is 0.109. The average Bonchev–Trinajstić information content (AvgIpc) is 3.21. The Morgan fingerprint density at radius 2 is 2.00 bits per heavy atom. The second-order valence-corrected chi connectivity index (χ2v) is 11.1. The molecule has 27 heavy (non-hydrogen) atoms. The lowest BCUT2D eigenvalue weighted by Gasteiger charge is -2.60. The highest BCUT2D eigenvalue weighted by atomic mass is 79.9. The van der Waals surface area contributed by atoms with Gasteiger partial charge in [-0.05, 0) is 74.3 Å². The molecule has 5 fully saturated rings. The number of alkyl halides is 1. The molecule has 0 radical (unpaired) electrons. The van der Waals surface area contributed by atoms with Crippen LogP contribution in [0.1, 0.15) is 56.6 Å². The molecule has 0 aromatic carbocycles. The van der Waals surface area contributed by atoms with Crippen molar-refractivity contribution >= 4 is 27.8 Å². The summed E-state index contributed by atoms with van der Waals surface area (Å²) < 4.78 is 10.9. The Hall–Kier alpha value is -1.30. The van der Waals surface area contributed by atoms with Gasteiger partial charge in [0.25, 0.3) is 5.91 Å². The molecule has 1 aromatic rings. The van der Waals surface area contributed by atoms with Gasteiger partial charge in [-0.3, -0.25) is 9.59 Å². The van der Waals surface area contributed by atoms with Crippen LogP contribution in [-0.4, -0.2) is 29.4 Å². The van der Waals surface area contributed by atoms with E-state index in [-0.39, 0.29) is 35.7 Å². The van der Waals surface area contributed by atoms with E-state index in [0.29, 0.717) is 10.9 Å². The summed E-state index contributed by atoms with van der Waals surface area (Å²) in [5.74, 6) is 1.89. The molecule has 5 aliphatic carbocycles. The zero-order chi connectivity index (χ0) is 18.6. The van der Waals surface area contributed by atoms with Gasteiger partial charge in [0.2, 0.25) is 0 Å². The first kappa shape index (κ1) is 17.8. The monoisotopic (exact) mass is 435 g/mol. The quantitative estimate of drug-likeness (QED) is 0.545. The number of hydrogen-bond acceptors (Lipinski definition) is 4. The molecule has 146 valence electrons. The van der Waals surface area contributed by atoms with Crippen molar-refractivity contribution in [3.63, 3.8) is 0 Å². The lowest BCUT2D eigenvalue weighted by atomic mass is 9.49. The fourth-order valence-corrected chi connectivity index (χ4v) is 7.91. The first-order chi connectivity index (χ1) is 12.9. The Bertz CT molecular complexity index is 731. The summed E-state index contributed by atoms with van der Waals surface area (Å²) in [6.45, 7) is 0.533. The summed E-state index contributed by atoms with van der Waals surface area (Å²) in [6, 6.07) is 3.71. The first-order valence-corrected chi connectivity index (χ1v) is 10.9. The number of esters is 1. The largest absolute Gasteiger partial charge is 0.469 e. The van der Waals surface area contributed by atoms with E-state index in [1.54, 1.807) is 6.26 Å². The van der Waals surface area contributed by atoms with Crippen molar-refractivity contribution in [1.82, 2.24) is 5.32 Å². The maximum Gasteiger partial charge on any atom is 0.310 e. The number of ether oxygens (including phenoxy) is 1. The zero-order valence-corrected chi connectivity index (χ0v) is 17.0. The molecule has 5 saturated carbocycles. The molecule has 0 saturated heterocycles. The average molecular weight is 436 g/mol. The predicted octanol–water partition coefficient (Wildman–Crippen LogP) is 3.78. The molecule has 6 rings (SSSR count). The molecule has 1 N–H and O–H groups in total. The van der Waals surface area contributed by atoms with Gasteiger partial charge in [0.05, 0.1) is 12.2 Å². The van der Waals surface area contributed by atoms with Gasteiger partial charge in [-0.25, -0.2) is 0 Å². The van der Waals surface area contributed by atoms with Crippen molar-refractivity contribution < 1.29 is 18.7 Å². The number of furan rings is 1. The van der Waals surface area contributed by atoms with Gasteiger partial charge in [0, 0.05) is 16.8 Å². The van der Waals surface area contributed by atoms with Gasteiger partial charge < -0.3 is 14.5 Å². The third-order valence-corrected chi connectivity index (χ3v) is 8.05. The molecular formula is C21H26BrNO4. The highest BCUT2D eigenvalue weighted by Crippen LogP contribution is 2.64. The zero-order valence-electron chi connectivity index (χ0n) is 15.4. The molecule has 0 aliphatic heterocycles. The van der Waals surface area contributed by atoms with Crippen molar-refractivity contribution in [2.45, 2.75) is 55.2 Å². The molecule has 6 heteroatoms. The highest BCUT2D eigenvalue weighted by molar-refractivity contribution is 9.10. The van der Waals surface area contributed by atoms with Gasteiger partial charge in [0.1, 0.15) is 5.76 Å². The number of rotatable bonds is 6. The minimum atomic E-state index is -0.291. The highest BCUT2D eigenvalue weighted by Gasteiger charge is 2.56. The molecule has 1 amide bonds. The molecule has 5 aliphatic rings. The van der Waals surface area contributed by atoms with Crippen molar-refractivity contribution in [2.75, 3.05) is 13.2 Å². The van der Waals surface area contributed by atoms with Crippen LogP contribution in [0, 0.1) is 23.2 Å². The van der Waals surface area contributed by atoms with Crippen LogP contribution in [-0.2, 0) is 14.3 Å². The summed E-state index contributed by atoms with van der Waals surface area (Å²) >= 11 is 4.00. The Kier molecular flexibility index (Phi) is 4.19. The van der Waals surface area contributed by atoms with E-state index in [1.165, 1.54) is 32.1 Å². The van der Waals surface area contributed by atoms with Crippen LogP contribution < -0.4 is 5.32 Å². The molecule has 1 heterocycles. The molecule has 4 bridgehead atoms. The van der Waals surface area contributed by atoms with Gasteiger partial charge >= 0.3 is 5.97 Å². The van der Waals surface area contributed by atoms with Gasteiger partial charge in [-0.2, -0.15) is 0 Å². The minimum Gasteiger partial charge on any atom is -0.469 e. The Labute approximate surface area is 167 Å². The molecule has 0 spiro atoms.